The molecule has 14 heteroatoms. The zero-order valence-corrected chi connectivity index (χ0v) is 20.5. The molecule has 4 rings (SSSR count). The van der Waals surface area contributed by atoms with E-state index in [0.717, 1.165) is 23.0 Å². The number of nitrogens with zero attached hydrogens (tertiary/aromatic N) is 4. The number of H-pyrrole nitrogens is 1. The van der Waals surface area contributed by atoms with Gasteiger partial charge in [0.2, 0.25) is 0 Å². The number of methoxy groups -OCH3 is 1. The highest BCUT2D eigenvalue weighted by Gasteiger charge is 2.39. The lowest BCUT2D eigenvalue weighted by Gasteiger charge is -2.10. The summed E-state index contributed by atoms with van der Waals surface area (Å²) in [6, 6.07) is 9.09. The van der Waals surface area contributed by atoms with Gasteiger partial charge in [-0.2, -0.15) is 23.4 Å². The minimum atomic E-state index is -4.88. The van der Waals surface area contributed by atoms with E-state index in [1.807, 2.05) is 0 Å². The molecule has 0 bridgehead atoms. The maximum Gasteiger partial charge on any atom is 0.435 e. The fourth-order valence-corrected chi connectivity index (χ4v) is 3.71. The zero-order valence-electron chi connectivity index (χ0n) is 19.7. The number of aromatic amines is 1. The summed E-state index contributed by atoms with van der Waals surface area (Å²) >= 11 is 6.05. The molecule has 0 spiro atoms. The second-order valence-electron chi connectivity index (χ2n) is 7.98. The van der Waals surface area contributed by atoms with Gasteiger partial charge in [0, 0.05) is 30.9 Å². The normalized spacial score (nSPS) is 12.1. The molecule has 0 aliphatic carbocycles. The van der Waals surface area contributed by atoms with Crippen molar-refractivity contribution >= 4 is 29.0 Å². The number of halogens is 6. The number of aryl methyl sites for hydroxylation is 1. The molecule has 2 N–H and O–H groups in total. The lowest BCUT2D eigenvalue weighted by molar-refractivity contribution is -0.141. The average Bonchev–Trinajstić information content (AvgIpc) is 3.47. The van der Waals surface area contributed by atoms with E-state index >= 15 is 0 Å². The smallest absolute Gasteiger partial charge is 0.435 e. The summed E-state index contributed by atoms with van der Waals surface area (Å²) in [4.78, 5) is 17.1. The summed E-state index contributed by atoms with van der Waals surface area (Å²) in [6.45, 7) is 0. The van der Waals surface area contributed by atoms with Crippen LogP contribution in [-0.4, -0.2) is 38.8 Å². The Kier molecular flexibility index (Phi) is 7.49. The van der Waals surface area contributed by atoms with Gasteiger partial charge in [-0.15, -0.1) is 0 Å². The van der Waals surface area contributed by atoms with E-state index in [0.29, 0.717) is 17.0 Å². The number of alkyl halides is 3. The Morgan fingerprint density at radius 1 is 1.18 bits per heavy atom. The van der Waals surface area contributed by atoms with E-state index in [1.54, 1.807) is 12.1 Å². The van der Waals surface area contributed by atoms with Crippen molar-refractivity contribution in [3.8, 4) is 17.0 Å². The van der Waals surface area contributed by atoms with Crippen molar-refractivity contribution in [1.29, 1.82) is 0 Å². The Bertz CT molecular complexity index is 1530. The van der Waals surface area contributed by atoms with Crippen molar-refractivity contribution in [2.45, 2.75) is 12.6 Å². The number of hydrogen-bond acceptors (Lipinski definition) is 5. The van der Waals surface area contributed by atoms with Crippen molar-refractivity contribution in [3.05, 3.63) is 82.3 Å². The van der Waals surface area contributed by atoms with Crippen LogP contribution in [0.1, 0.15) is 21.7 Å². The molecule has 0 aliphatic heterocycles. The number of amidine groups is 1. The van der Waals surface area contributed by atoms with Crippen LogP contribution in [0.5, 0.6) is 5.75 Å². The Balaban J connectivity index is 1.67. The van der Waals surface area contributed by atoms with Gasteiger partial charge in [0.05, 0.1) is 29.1 Å². The molecule has 2 aromatic heterocycles. The predicted molar refractivity (Wildman–Crippen MR) is 128 cm³/mol. The molecular weight excluding hydrogens is 535 g/mol. The number of aromatic nitrogens is 4. The first kappa shape index (κ1) is 26.8. The molecule has 1 amide bonds. The molecule has 38 heavy (non-hydrogen) atoms. The third kappa shape index (κ3) is 5.99. The van der Waals surface area contributed by atoms with E-state index in [1.165, 1.54) is 32.4 Å². The lowest BCUT2D eigenvalue weighted by atomic mass is 10.1. The van der Waals surface area contributed by atoms with Gasteiger partial charge in [-0.1, -0.05) is 11.6 Å². The average molecular weight is 553 g/mol. The summed E-state index contributed by atoms with van der Waals surface area (Å²) in [6.07, 6.45) is -4.11. The van der Waals surface area contributed by atoms with Crippen LogP contribution in [0.4, 0.5) is 27.6 Å². The van der Waals surface area contributed by atoms with Gasteiger partial charge in [0.15, 0.2) is 17.3 Å². The van der Waals surface area contributed by atoms with Gasteiger partial charge < -0.3 is 10.1 Å². The summed E-state index contributed by atoms with van der Waals surface area (Å²) < 4.78 is 73.6. The molecule has 0 saturated carbocycles. The van der Waals surface area contributed by atoms with Crippen molar-refractivity contribution < 1.29 is 31.5 Å². The fraction of sp³-hybridized carbons (Fsp3) is 0.167. The predicted octanol–water partition coefficient (Wildman–Crippen LogP) is 5.47. The minimum absolute atomic E-state index is 0.0476. The first-order chi connectivity index (χ1) is 17.9. The summed E-state index contributed by atoms with van der Waals surface area (Å²) in [5.41, 5.74) is -0.906. The summed E-state index contributed by atoms with van der Waals surface area (Å²) in [5, 5.41) is 12.4. The highest BCUT2D eigenvalue weighted by Crippen LogP contribution is 2.31. The van der Waals surface area contributed by atoms with E-state index < -0.39 is 35.0 Å². The molecular formula is C24H18ClF5N6O2. The number of carbonyl (C=O) groups excluding carboxylic acids is 1. The number of benzene rings is 2. The van der Waals surface area contributed by atoms with Gasteiger partial charge in [0.1, 0.15) is 11.7 Å². The third-order valence-electron chi connectivity index (χ3n) is 5.20. The number of carbonyl (C=O) groups is 1. The van der Waals surface area contributed by atoms with Gasteiger partial charge in [-0.05, 0) is 42.5 Å². The van der Waals surface area contributed by atoms with Crippen LogP contribution in [-0.2, 0) is 19.6 Å². The summed E-state index contributed by atoms with van der Waals surface area (Å²) in [5.74, 6) is -2.44. The highest BCUT2D eigenvalue weighted by molar-refractivity contribution is 6.33. The first-order valence-electron chi connectivity index (χ1n) is 10.8. The standard InChI is InChI=1S/C24H18ClF5N6O2/c1-36-11-15(22(35-36)24(28,29)30)23(37)32-21(31-18-5-4-13(26)8-16(18)25)10-14-9-19(34-33-14)12-3-6-20(38-2)17(27)7-12/h3-9,11H,10H2,1-2H3,(H,33,34)(H,31,32,37). The van der Waals surface area contributed by atoms with Crippen LogP contribution in [0.15, 0.2) is 53.7 Å². The second kappa shape index (κ2) is 10.6. The molecule has 8 nitrogen and oxygen atoms in total. The Morgan fingerprint density at radius 2 is 1.95 bits per heavy atom. The van der Waals surface area contributed by atoms with Gasteiger partial charge >= 0.3 is 6.18 Å². The fourth-order valence-electron chi connectivity index (χ4n) is 3.50. The number of amides is 1. The number of nitrogens with one attached hydrogen (secondary N) is 2. The zero-order chi connectivity index (χ0) is 27.6. The van der Waals surface area contributed by atoms with Crippen LogP contribution in [0.25, 0.3) is 11.3 Å². The molecule has 0 radical (unpaired) electrons. The van der Waals surface area contributed by atoms with Gasteiger partial charge in [-0.25, -0.2) is 13.8 Å². The maximum atomic E-state index is 14.1. The maximum absolute atomic E-state index is 14.1. The Labute approximate surface area is 217 Å². The summed E-state index contributed by atoms with van der Waals surface area (Å²) in [7, 11) is 2.57. The Hall–Kier alpha value is -4.26. The van der Waals surface area contributed by atoms with Crippen LogP contribution >= 0.6 is 11.6 Å². The van der Waals surface area contributed by atoms with Crippen molar-refractivity contribution in [2.75, 3.05) is 7.11 Å². The minimum Gasteiger partial charge on any atom is -0.494 e. The molecule has 0 aliphatic rings. The van der Waals surface area contributed by atoms with E-state index in [4.69, 9.17) is 16.3 Å². The molecule has 0 saturated heterocycles. The topological polar surface area (TPSA) is 97.2 Å². The number of ether oxygens (including phenoxy) is 1. The number of rotatable bonds is 6. The van der Waals surface area contributed by atoms with Crippen LogP contribution in [0.3, 0.4) is 0 Å². The Morgan fingerprint density at radius 3 is 2.61 bits per heavy atom. The second-order valence-corrected chi connectivity index (χ2v) is 8.38. The molecule has 0 unspecified atom stereocenters. The lowest BCUT2D eigenvalue weighted by Crippen LogP contribution is -2.33. The van der Waals surface area contributed by atoms with E-state index in [-0.39, 0.29) is 28.7 Å². The molecule has 2 aromatic carbocycles. The van der Waals surface area contributed by atoms with Crippen molar-refractivity contribution in [2.24, 2.45) is 12.0 Å². The van der Waals surface area contributed by atoms with Gasteiger partial charge in [0.25, 0.3) is 5.91 Å². The number of aliphatic imine (C=N–C) groups is 1. The molecule has 198 valence electrons. The van der Waals surface area contributed by atoms with Gasteiger partial charge in [-0.3, -0.25) is 14.6 Å². The molecule has 0 atom stereocenters. The van der Waals surface area contributed by atoms with Crippen molar-refractivity contribution in [3.63, 3.8) is 0 Å². The first-order valence-corrected chi connectivity index (χ1v) is 11.2. The van der Waals surface area contributed by atoms with E-state index in [9.17, 15) is 26.7 Å². The molecule has 4 aromatic rings. The largest absolute Gasteiger partial charge is 0.494 e. The van der Waals surface area contributed by atoms with Crippen LogP contribution in [0.2, 0.25) is 5.02 Å². The monoisotopic (exact) mass is 552 g/mol. The van der Waals surface area contributed by atoms with E-state index in [2.05, 4.69) is 25.6 Å². The molecule has 0 fully saturated rings. The highest BCUT2D eigenvalue weighted by atomic mass is 35.5. The quantitative estimate of drug-likeness (QED) is 0.188. The van der Waals surface area contributed by atoms with Crippen molar-refractivity contribution in [1.82, 2.24) is 25.3 Å². The van der Waals surface area contributed by atoms with Crippen LogP contribution in [0, 0.1) is 11.6 Å². The third-order valence-corrected chi connectivity index (χ3v) is 5.50. The number of hydrogen-bond donors (Lipinski definition) is 2. The SMILES string of the molecule is COc1ccc(-c2cc(CC(=Nc3ccc(F)cc3Cl)NC(=O)c3cn(C)nc3C(F)(F)F)[nH]n2)cc1F. The van der Waals surface area contributed by atoms with Crippen LogP contribution < -0.4 is 10.1 Å². The molecule has 2 heterocycles.